The number of amides is 4. The van der Waals surface area contributed by atoms with Crippen molar-refractivity contribution in [1.29, 1.82) is 0 Å². The Kier molecular flexibility index (Phi) is 9.19. The van der Waals surface area contributed by atoms with E-state index in [0.29, 0.717) is 30.0 Å². The Morgan fingerprint density at radius 3 is 2.30 bits per heavy atom. The molecule has 2 fully saturated rings. The number of nitrogens with zero attached hydrogens (tertiary/aromatic N) is 4. The minimum Gasteiger partial charge on any atom is -0.508 e. The summed E-state index contributed by atoms with van der Waals surface area (Å²) in [5, 5.41) is 15.7. The van der Waals surface area contributed by atoms with E-state index in [1.807, 2.05) is 18.2 Å². The second-order valence-corrected chi connectivity index (χ2v) is 10.8. The first-order valence-corrected chi connectivity index (χ1v) is 14.3. The monoisotopic (exact) mass is 605 g/mol. The van der Waals surface area contributed by atoms with Gasteiger partial charge in [0.1, 0.15) is 23.8 Å². The molecule has 0 bridgehead atoms. The molecule has 12 heteroatoms. The van der Waals surface area contributed by atoms with Crippen molar-refractivity contribution < 1.29 is 33.4 Å². The van der Waals surface area contributed by atoms with E-state index in [1.165, 1.54) is 34.2 Å². The fraction of sp³-hybridized carbons (Fsp3) is 0.344. The summed E-state index contributed by atoms with van der Waals surface area (Å²) >= 11 is 0. The lowest BCUT2D eigenvalue weighted by molar-refractivity contribution is -0.186. The van der Waals surface area contributed by atoms with Crippen LogP contribution in [0.1, 0.15) is 16.7 Å². The van der Waals surface area contributed by atoms with Gasteiger partial charge in [0.05, 0.1) is 27.3 Å². The minimum atomic E-state index is -0.864. The van der Waals surface area contributed by atoms with Gasteiger partial charge in [-0.25, -0.2) is 19.2 Å². The number of benzene rings is 3. The zero-order chi connectivity index (χ0) is 31.4. The first-order valence-electron chi connectivity index (χ1n) is 14.3. The first-order chi connectivity index (χ1) is 21.2. The van der Waals surface area contributed by atoms with Gasteiger partial charge in [-0.05, 0) is 59.5 Å². The Morgan fingerprint density at radius 2 is 1.61 bits per heavy atom. The first kappa shape index (κ1) is 30.6. The molecule has 2 heterocycles. The molecule has 3 aromatic rings. The number of aromatic hydroxyl groups is 1. The summed E-state index contributed by atoms with van der Waals surface area (Å²) in [6.45, 7) is 0.514. The lowest BCUT2D eigenvalue weighted by atomic mass is 9.98. The van der Waals surface area contributed by atoms with Crippen LogP contribution in [0.15, 0.2) is 66.7 Å². The third kappa shape index (κ3) is 6.55. The summed E-state index contributed by atoms with van der Waals surface area (Å²) in [6.07, 6.45) is -0.0477. The molecule has 44 heavy (non-hydrogen) atoms. The standard InChI is InChI=1S/C32H36FN5O6/c1-35-20-30(40)37-26(16-21-6-11-25(39)12-7-21)31(41)36(15-14-22-8-13-27(43-2)28(17-22)44-3)19-29(37)38(35)32(42)34-18-23-4-9-24(33)10-5-23/h4-13,17,26,29,39H,14-16,18-20H2,1-3H3,(H,34,42)/t26-,29-/m0/s1. The van der Waals surface area contributed by atoms with Gasteiger partial charge in [-0.1, -0.05) is 30.3 Å². The van der Waals surface area contributed by atoms with Gasteiger partial charge in [0, 0.05) is 26.6 Å². The Bertz CT molecular complexity index is 1500. The highest BCUT2D eigenvalue weighted by molar-refractivity contribution is 5.91. The van der Waals surface area contributed by atoms with E-state index in [-0.39, 0.29) is 49.4 Å². The summed E-state index contributed by atoms with van der Waals surface area (Å²) in [5.74, 6) is 0.412. The third-order valence-corrected chi connectivity index (χ3v) is 7.99. The number of rotatable bonds is 9. The van der Waals surface area contributed by atoms with Crippen LogP contribution >= 0.6 is 0 Å². The molecule has 0 spiro atoms. The van der Waals surface area contributed by atoms with Crippen molar-refractivity contribution in [3.8, 4) is 17.2 Å². The summed E-state index contributed by atoms with van der Waals surface area (Å²) in [7, 11) is 4.78. The molecule has 2 atom stereocenters. The van der Waals surface area contributed by atoms with E-state index >= 15 is 0 Å². The number of methoxy groups -OCH3 is 2. The van der Waals surface area contributed by atoms with Crippen LogP contribution in [0.2, 0.25) is 0 Å². The summed E-state index contributed by atoms with van der Waals surface area (Å²) in [5.41, 5.74) is 2.41. The molecule has 0 radical (unpaired) electrons. The molecule has 0 unspecified atom stereocenters. The van der Waals surface area contributed by atoms with Crippen LogP contribution in [-0.2, 0) is 29.0 Å². The maximum Gasteiger partial charge on any atom is 0.334 e. The number of ether oxygens (including phenoxy) is 2. The third-order valence-electron chi connectivity index (χ3n) is 7.99. The predicted octanol–water partition coefficient (Wildman–Crippen LogP) is 2.77. The number of phenolic OH excluding ortho intramolecular Hbond substituents is 1. The number of carbonyl (C=O) groups is 3. The van der Waals surface area contributed by atoms with E-state index in [2.05, 4.69) is 5.32 Å². The maximum absolute atomic E-state index is 14.0. The van der Waals surface area contributed by atoms with Gasteiger partial charge in [-0.2, -0.15) is 0 Å². The molecular weight excluding hydrogens is 569 g/mol. The Balaban J connectivity index is 1.41. The lowest BCUT2D eigenvalue weighted by Gasteiger charge is -2.54. The molecule has 2 aliphatic rings. The second-order valence-electron chi connectivity index (χ2n) is 10.8. The minimum absolute atomic E-state index is 0.0918. The molecule has 5 rings (SSSR count). The number of phenols is 1. The van der Waals surface area contributed by atoms with Crippen LogP contribution in [0, 0.1) is 5.82 Å². The van der Waals surface area contributed by atoms with Crippen molar-refractivity contribution >= 4 is 17.8 Å². The number of carbonyl (C=O) groups excluding carboxylic acids is 3. The smallest absolute Gasteiger partial charge is 0.334 e. The number of hydrazine groups is 1. The largest absolute Gasteiger partial charge is 0.508 e. The van der Waals surface area contributed by atoms with Gasteiger partial charge in [-0.15, -0.1) is 0 Å². The van der Waals surface area contributed by atoms with Gasteiger partial charge >= 0.3 is 6.03 Å². The van der Waals surface area contributed by atoms with Crippen molar-refractivity contribution in [2.75, 3.05) is 40.9 Å². The molecule has 0 aliphatic carbocycles. The van der Waals surface area contributed by atoms with Crippen LogP contribution in [0.4, 0.5) is 9.18 Å². The van der Waals surface area contributed by atoms with Crippen molar-refractivity contribution in [2.24, 2.45) is 0 Å². The van der Waals surface area contributed by atoms with Crippen molar-refractivity contribution in [3.63, 3.8) is 0 Å². The molecule has 11 nitrogen and oxygen atoms in total. The number of hydrogen-bond acceptors (Lipinski definition) is 7. The maximum atomic E-state index is 14.0. The summed E-state index contributed by atoms with van der Waals surface area (Å²) in [6, 6.07) is 16.6. The lowest BCUT2D eigenvalue weighted by Crippen LogP contribution is -2.76. The molecule has 0 aromatic heterocycles. The predicted molar refractivity (Wildman–Crippen MR) is 159 cm³/mol. The van der Waals surface area contributed by atoms with Gasteiger partial charge in [0.2, 0.25) is 11.8 Å². The molecule has 2 N–H and O–H groups in total. The van der Waals surface area contributed by atoms with Crippen LogP contribution in [0.25, 0.3) is 0 Å². The van der Waals surface area contributed by atoms with Gasteiger partial charge in [-0.3, -0.25) is 9.59 Å². The Labute approximate surface area is 255 Å². The van der Waals surface area contributed by atoms with Gasteiger partial charge in [0.25, 0.3) is 0 Å². The van der Waals surface area contributed by atoms with Crippen LogP contribution in [0.5, 0.6) is 17.2 Å². The second kappa shape index (κ2) is 13.2. The number of hydrogen-bond donors (Lipinski definition) is 2. The number of nitrogens with one attached hydrogen (secondary N) is 1. The van der Waals surface area contributed by atoms with Crippen molar-refractivity contribution in [3.05, 3.63) is 89.2 Å². The molecule has 3 aromatic carbocycles. The number of likely N-dealkylation sites (N-methyl/N-ethyl adjacent to an activating group) is 1. The van der Waals surface area contributed by atoms with Crippen molar-refractivity contribution in [2.45, 2.75) is 31.6 Å². The Morgan fingerprint density at radius 1 is 0.955 bits per heavy atom. The molecular formula is C32H36FN5O6. The number of urea groups is 1. The van der Waals surface area contributed by atoms with E-state index in [4.69, 9.17) is 9.47 Å². The zero-order valence-electron chi connectivity index (χ0n) is 24.9. The SMILES string of the molecule is COc1ccc(CCN2C[C@H]3N(C(=O)CN(C)N3C(=O)NCc3ccc(F)cc3)[C@@H](Cc3ccc(O)cc3)C2=O)cc1OC. The zero-order valence-corrected chi connectivity index (χ0v) is 24.9. The Hall–Kier alpha value is -4.84. The van der Waals surface area contributed by atoms with Crippen molar-refractivity contribution in [1.82, 2.24) is 25.1 Å². The van der Waals surface area contributed by atoms with Crippen LogP contribution in [-0.4, -0.2) is 95.9 Å². The van der Waals surface area contributed by atoms with Crippen LogP contribution < -0.4 is 14.8 Å². The molecule has 4 amide bonds. The topological polar surface area (TPSA) is 115 Å². The summed E-state index contributed by atoms with van der Waals surface area (Å²) < 4.78 is 24.2. The normalized spacial score (nSPS) is 18.7. The number of fused-ring (bicyclic) bond motifs is 1. The van der Waals surface area contributed by atoms with E-state index in [1.54, 1.807) is 55.4 Å². The average molecular weight is 606 g/mol. The number of piperazine rings is 1. The van der Waals surface area contributed by atoms with Gasteiger partial charge in [0.15, 0.2) is 11.5 Å². The quantitative estimate of drug-likeness (QED) is 0.386. The van der Waals surface area contributed by atoms with E-state index in [0.717, 1.165) is 11.1 Å². The van der Waals surface area contributed by atoms with Gasteiger partial charge < -0.3 is 29.7 Å². The molecule has 0 saturated carbocycles. The van der Waals surface area contributed by atoms with Crippen LogP contribution in [0.3, 0.4) is 0 Å². The van der Waals surface area contributed by atoms with E-state index < -0.39 is 18.2 Å². The molecule has 2 aliphatic heterocycles. The van der Waals surface area contributed by atoms with E-state index in [9.17, 15) is 23.9 Å². The molecule has 2 saturated heterocycles. The fourth-order valence-corrected chi connectivity index (χ4v) is 5.72. The highest BCUT2D eigenvalue weighted by Crippen LogP contribution is 2.30. The summed E-state index contributed by atoms with van der Waals surface area (Å²) in [4.78, 5) is 44.3. The number of halogens is 1. The fourth-order valence-electron chi connectivity index (χ4n) is 5.72. The highest BCUT2D eigenvalue weighted by atomic mass is 19.1. The molecule has 232 valence electrons. The average Bonchev–Trinajstić information content (AvgIpc) is 3.02. The highest BCUT2D eigenvalue weighted by Gasteiger charge is 2.50.